The van der Waals surface area contributed by atoms with Gasteiger partial charge in [-0.3, -0.25) is 0 Å². The molecule has 0 saturated carbocycles. The second-order valence-corrected chi connectivity index (χ2v) is 4.89. The van der Waals surface area contributed by atoms with E-state index in [9.17, 15) is 0 Å². The Morgan fingerprint density at radius 1 is 1.41 bits per heavy atom. The van der Waals surface area contributed by atoms with E-state index < -0.39 is 0 Å². The van der Waals surface area contributed by atoms with Crippen LogP contribution in [0, 0.1) is 6.92 Å². The summed E-state index contributed by atoms with van der Waals surface area (Å²) in [5, 5.41) is 2.08. The molecule has 0 unspecified atom stereocenters. The van der Waals surface area contributed by atoms with Crippen LogP contribution >= 0.6 is 11.3 Å². The predicted molar refractivity (Wildman–Crippen MR) is 73.3 cm³/mol. The van der Waals surface area contributed by atoms with Gasteiger partial charge in [-0.15, -0.1) is 11.3 Å². The highest BCUT2D eigenvalue weighted by Crippen LogP contribution is 2.22. The van der Waals surface area contributed by atoms with Crippen LogP contribution in [-0.4, -0.2) is 12.0 Å². The van der Waals surface area contributed by atoms with E-state index in [1.165, 1.54) is 16.8 Å². The van der Waals surface area contributed by atoms with Crippen LogP contribution in [0.5, 0.6) is 0 Å². The van der Waals surface area contributed by atoms with Crippen LogP contribution in [-0.2, 0) is 13.1 Å². The molecule has 1 aromatic heterocycles. The Kier molecular flexibility index (Phi) is 3.76. The molecule has 1 heterocycles. The third kappa shape index (κ3) is 2.84. The average Bonchev–Trinajstić information content (AvgIpc) is 2.81. The number of rotatable bonds is 4. The van der Waals surface area contributed by atoms with Crippen LogP contribution in [0.1, 0.15) is 16.8 Å². The molecule has 90 valence electrons. The number of aromatic nitrogens is 1. The summed E-state index contributed by atoms with van der Waals surface area (Å²) in [5.74, 6) is 0. The Hall–Kier alpha value is -1.39. The average molecular weight is 247 g/mol. The van der Waals surface area contributed by atoms with E-state index in [4.69, 9.17) is 5.73 Å². The standard InChI is InChI=1S/C13H17N3S/c1-10-3-4-13(11(5-10)6-14)16(2)7-12-8-17-9-15-12/h3-5,8-9H,6-7,14H2,1-2H3. The zero-order valence-electron chi connectivity index (χ0n) is 10.2. The maximum atomic E-state index is 5.79. The van der Waals surface area contributed by atoms with Crippen molar-refractivity contribution < 1.29 is 0 Å². The molecule has 0 saturated heterocycles. The van der Waals surface area contributed by atoms with Gasteiger partial charge in [0, 0.05) is 24.7 Å². The van der Waals surface area contributed by atoms with E-state index in [1.54, 1.807) is 11.3 Å². The normalized spacial score (nSPS) is 10.5. The van der Waals surface area contributed by atoms with Gasteiger partial charge in [0.05, 0.1) is 17.7 Å². The lowest BCUT2D eigenvalue weighted by atomic mass is 10.1. The highest BCUT2D eigenvalue weighted by Gasteiger charge is 2.08. The van der Waals surface area contributed by atoms with Gasteiger partial charge in [0.25, 0.3) is 0 Å². The maximum Gasteiger partial charge on any atom is 0.0795 e. The molecule has 2 N–H and O–H groups in total. The number of hydrogen-bond acceptors (Lipinski definition) is 4. The minimum absolute atomic E-state index is 0.568. The van der Waals surface area contributed by atoms with Crippen LogP contribution < -0.4 is 10.6 Å². The Labute approximate surface area is 106 Å². The monoisotopic (exact) mass is 247 g/mol. The quantitative estimate of drug-likeness (QED) is 0.903. The molecule has 0 fully saturated rings. The minimum atomic E-state index is 0.568. The molecule has 3 nitrogen and oxygen atoms in total. The maximum absolute atomic E-state index is 5.79. The van der Waals surface area contributed by atoms with Gasteiger partial charge in [-0.05, 0) is 18.6 Å². The van der Waals surface area contributed by atoms with Gasteiger partial charge in [-0.1, -0.05) is 17.7 Å². The van der Waals surface area contributed by atoms with E-state index in [-0.39, 0.29) is 0 Å². The fourth-order valence-corrected chi connectivity index (χ4v) is 2.44. The number of nitrogens with two attached hydrogens (primary N) is 1. The molecule has 0 aliphatic heterocycles. The van der Waals surface area contributed by atoms with Gasteiger partial charge in [-0.2, -0.15) is 0 Å². The lowest BCUT2D eigenvalue weighted by Gasteiger charge is -2.21. The molecule has 0 spiro atoms. The molecule has 1 aromatic carbocycles. The van der Waals surface area contributed by atoms with Crippen LogP contribution in [0.2, 0.25) is 0 Å². The van der Waals surface area contributed by atoms with Crippen molar-refractivity contribution >= 4 is 17.0 Å². The molecule has 17 heavy (non-hydrogen) atoms. The fraction of sp³-hybridized carbons (Fsp3) is 0.308. The highest BCUT2D eigenvalue weighted by molar-refractivity contribution is 7.07. The predicted octanol–water partition coefficient (Wildman–Crippen LogP) is 2.55. The van der Waals surface area contributed by atoms with Crippen LogP contribution in [0.4, 0.5) is 5.69 Å². The Morgan fingerprint density at radius 3 is 2.88 bits per heavy atom. The summed E-state index contributed by atoms with van der Waals surface area (Å²) in [5.41, 5.74) is 12.4. The van der Waals surface area contributed by atoms with Crippen LogP contribution in [0.3, 0.4) is 0 Å². The van der Waals surface area contributed by atoms with Crippen molar-refractivity contribution in [2.45, 2.75) is 20.0 Å². The van der Waals surface area contributed by atoms with E-state index >= 15 is 0 Å². The fourth-order valence-electron chi connectivity index (χ4n) is 1.89. The summed E-state index contributed by atoms with van der Waals surface area (Å²) < 4.78 is 0. The van der Waals surface area contributed by atoms with E-state index in [2.05, 4.69) is 47.4 Å². The largest absolute Gasteiger partial charge is 0.368 e. The van der Waals surface area contributed by atoms with Crippen molar-refractivity contribution in [3.05, 3.63) is 45.9 Å². The van der Waals surface area contributed by atoms with Crippen molar-refractivity contribution in [3.8, 4) is 0 Å². The van der Waals surface area contributed by atoms with Gasteiger partial charge in [0.2, 0.25) is 0 Å². The van der Waals surface area contributed by atoms with Gasteiger partial charge >= 0.3 is 0 Å². The van der Waals surface area contributed by atoms with Gasteiger partial charge in [0.15, 0.2) is 0 Å². The first-order valence-electron chi connectivity index (χ1n) is 5.58. The zero-order chi connectivity index (χ0) is 12.3. The second kappa shape index (κ2) is 5.29. The number of benzene rings is 1. The first-order chi connectivity index (χ1) is 8.20. The van der Waals surface area contributed by atoms with E-state index in [0.29, 0.717) is 6.54 Å². The van der Waals surface area contributed by atoms with E-state index in [1.807, 2.05) is 5.51 Å². The molecule has 0 aliphatic carbocycles. The van der Waals surface area contributed by atoms with Crippen molar-refractivity contribution in [2.24, 2.45) is 5.73 Å². The summed E-state index contributed by atoms with van der Waals surface area (Å²) in [6.07, 6.45) is 0. The second-order valence-electron chi connectivity index (χ2n) is 4.17. The van der Waals surface area contributed by atoms with E-state index in [0.717, 1.165) is 12.2 Å². The summed E-state index contributed by atoms with van der Waals surface area (Å²) in [7, 11) is 2.07. The van der Waals surface area contributed by atoms with Gasteiger partial charge in [-0.25, -0.2) is 4.98 Å². The van der Waals surface area contributed by atoms with Crippen molar-refractivity contribution in [2.75, 3.05) is 11.9 Å². The first kappa shape index (κ1) is 12.1. The smallest absolute Gasteiger partial charge is 0.0795 e. The first-order valence-corrected chi connectivity index (χ1v) is 6.53. The molecule has 2 aromatic rings. The highest BCUT2D eigenvalue weighted by atomic mass is 32.1. The van der Waals surface area contributed by atoms with Gasteiger partial charge in [0.1, 0.15) is 0 Å². The number of nitrogens with zero attached hydrogens (tertiary/aromatic N) is 2. The summed E-state index contributed by atoms with van der Waals surface area (Å²) in [6, 6.07) is 6.39. The lowest BCUT2D eigenvalue weighted by molar-refractivity contribution is 0.880. The summed E-state index contributed by atoms with van der Waals surface area (Å²) in [6.45, 7) is 3.47. The molecule has 2 rings (SSSR count). The SMILES string of the molecule is Cc1ccc(N(C)Cc2cscn2)c(CN)c1. The molecular weight excluding hydrogens is 230 g/mol. The number of anilines is 1. The van der Waals surface area contributed by atoms with Gasteiger partial charge < -0.3 is 10.6 Å². The molecule has 0 atom stereocenters. The zero-order valence-corrected chi connectivity index (χ0v) is 11.0. The minimum Gasteiger partial charge on any atom is -0.368 e. The molecular formula is C13H17N3S. The molecule has 0 aliphatic rings. The summed E-state index contributed by atoms with van der Waals surface area (Å²) >= 11 is 1.63. The molecule has 0 amide bonds. The Bertz CT molecular complexity index is 479. The number of aryl methyl sites for hydroxylation is 1. The molecule has 0 bridgehead atoms. The number of thiazole rings is 1. The Morgan fingerprint density at radius 2 is 2.24 bits per heavy atom. The van der Waals surface area contributed by atoms with Crippen molar-refractivity contribution in [1.29, 1.82) is 0 Å². The summed E-state index contributed by atoms with van der Waals surface area (Å²) in [4.78, 5) is 6.49. The van der Waals surface area contributed by atoms with Crippen molar-refractivity contribution in [3.63, 3.8) is 0 Å². The topological polar surface area (TPSA) is 42.2 Å². The third-order valence-electron chi connectivity index (χ3n) is 2.75. The Balaban J connectivity index is 2.21. The third-order valence-corrected chi connectivity index (χ3v) is 3.38. The molecule has 4 heteroatoms. The van der Waals surface area contributed by atoms with Crippen molar-refractivity contribution in [1.82, 2.24) is 4.98 Å². The molecule has 0 radical (unpaired) electrons. The number of hydrogen-bond donors (Lipinski definition) is 1. The van der Waals surface area contributed by atoms with Crippen LogP contribution in [0.25, 0.3) is 0 Å². The van der Waals surface area contributed by atoms with Crippen LogP contribution in [0.15, 0.2) is 29.1 Å². The lowest BCUT2D eigenvalue weighted by Crippen LogP contribution is -2.19.